The van der Waals surface area contributed by atoms with E-state index in [0.717, 1.165) is 0 Å². The monoisotopic (exact) mass is 137 g/mol. The van der Waals surface area contributed by atoms with Gasteiger partial charge in [-0.25, -0.2) is 0 Å². The van der Waals surface area contributed by atoms with Gasteiger partial charge in [-0.2, -0.15) is 0 Å². The van der Waals surface area contributed by atoms with Crippen LogP contribution in [-0.2, 0) is 0 Å². The van der Waals surface area contributed by atoms with Crippen molar-refractivity contribution >= 4 is 0 Å². The number of nitrogens with zero attached hydrogens (tertiary/aromatic N) is 1. The SMILES string of the molecule is CN(C)C1C=CC=CCC1. The third kappa shape index (κ3) is 1.99. The molecule has 0 aromatic rings. The minimum absolute atomic E-state index is 0.634. The second-order valence-electron chi connectivity index (χ2n) is 2.92. The van der Waals surface area contributed by atoms with E-state index < -0.39 is 0 Å². The lowest BCUT2D eigenvalue weighted by atomic mass is 10.1. The first-order valence-corrected chi connectivity index (χ1v) is 3.80. The van der Waals surface area contributed by atoms with Gasteiger partial charge in [0.15, 0.2) is 0 Å². The van der Waals surface area contributed by atoms with Crippen molar-refractivity contribution in [2.75, 3.05) is 14.1 Å². The summed E-state index contributed by atoms with van der Waals surface area (Å²) in [6.07, 6.45) is 11.2. The molecule has 0 saturated heterocycles. The van der Waals surface area contributed by atoms with E-state index in [2.05, 4.69) is 43.3 Å². The van der Waals surface area contributed by atoms with Crippen LogP contribution in [0.25, 0.3) is 0 Å². The van der Waals surface area contributed by atoms with Crippen LogP contribution >= 0.6 is 0 Å². The Labute approximate surface area is 63.0 Å². The van der Waals surface area contributed by atoms with Crippen LogP contribution in [-0.4, -0.2) is 25.0 Å². The average Bonchev–Trinajstić information content (AvgIpc) is 2.12. The number of allylic oxidation sites excluding steroid dienone is 3. The van der Waals surface area contributed by atoms with Crippen molar-refractivity contribution in [1.29, 1.82) is 0 Å². The molecule has 0 aromatic carbocycles. The van der Waals surface area contributed by atoms with Crippen molar-refractivity contribution in [3.63, 3.8) is 0 Å². The highest BCUT2D eigenvalue weighted by molar-refractivity contribution is 5.09. The van der Waals surface area contributed by atoms with E-state index in [9.17, 15) is 0 Å². The standard InChI is InChI=1S/C9H15N/c1-10(2)9-7-5-3-4-6-8-9/h3-5,7,9H,6,8H2,1-2H3. The van der Waals surface area contributed by atoms with Gasteiger partial charge in [-0.05, 0) is 26.9 Å². The van der Waals surface area contributed by atoms with Gasteiger partial charge < -0.3 is 4.90 Å². The first-order valence-electron chi connectivity index (χ1n) is 3.80. The molecule has 1 rings (SSSR count). The summed E-state index contributed by atoms with van der Waals surface area (Å²) in [5, 5.41) is 0. The maximum absolute atomic E-state index is 2.25. The Bertz CT molecular complexity index is 145. The van der Waals surface area contributed by atoms with Gasteiger partial charge in [-0.3, -0.25) is 0 Å². The number of hydrogen-bond donors (Lipinski definition) is 0. The third-order valence-corrected chi connectivity index (χ3v) is 1.87. The van der Waals surface area contributed by atoms with E-state index >= 15 is 0 Å². The summed E-state index contributed by atoms with van der Waals surface area (Å²) in [4.78, 5) is 2.25. The molecule has 0 spiro atoms. The Kier molecular flexibility index (Phi) is 2.69. The fraction of sp³-hybridized carbons (Fsp3) is 0.556. The van der Waals surface area contributed by atoms with Crippen molar-refractivity contribution in [3.05, 3.63) is 24.3 Å². The van der Waals surface area contributed by atoms with Crippen molar-refractivity contribution in [2.45, 2.75) is 18.9 Å². The molecule has 0 aromatic heterocycles. The molecule has 1 aliphatic rings. The van der Waals surface area contributed by atoms with Crippen LogP contribution in [0.2, 0.25) is 0 Å². The Morgan fingerprint density at radius 3 is 2.80 bits per heavy atom. The van der Waals surface area contributed by atoms with Gasteiger partial charge in [0.2, 0.25) is 0 Å². The molecule has 1 aliphatic carbocycles. The largest absolute Gasteiger partial charge is 0.303 e. The molecule has 1 nitrogen and oxygen atoms in total. The maximum Gasteiger partial charge on any atom is 0.0278 e. The lowest BCUT2D eigenvalue weighted by Crippen LogP contribution is -2.25. The molecule has 0 bridgehead atoms. The minimum Gasteiger partial charge on any atom is -0.303 e. The smallest absolute Gasteiger partial charge is 0.0278 e. The van der Waals surface area contributed by atoms with Crippen molar-refractivity contribution in [1.82, 2.24) is 4.90 Å². The predicted octanol–water partition coefficient (Wildman–Crippen LogP) is 1.82. The lowest BCUT2D eigenvalue weighted by molar-refractivity contribution is 0.330. The van der Waals surface area contributed by atoms with E-state index in [1.54, 1.807) is 0 Å². The number of hydrogen-bond acceptors (Lipinski definition) is 1. The fourth-order valence-corrected chi connectivity index (χ4v) is 1.16. The Morgan fingerprint density at radius 2 is 2.10 bits per heavy atom. The second-order valence-corrected chi connectivity index (χ2v) is 2.92. The molecule has 0 N–H and O–H groups in total. The number of likely N-dealkylation sites (N-methyl/N-ethyl adjacent to an activating group) is 1. The van der Waals surface area contributed by atoms with E-state index in [1.807, 2.05) is 0 Å². The number of rotatable bonds is 1. The van der Waals surface area contributed by atoms with Gasteiger partial charge in [0.1, 0.15) is 0 Å². The third-order valence-electron chi connectivity index (χ3n) is 1.87. The van der Waals surface area contributed by atoms with Crippen molar-refractivity contribution in [2.24, 2.45) is 0 Å². The summed E-state index contributed by atoms with van der Waals surface area (Å²) in [5.74, 6) is 0. The minimum atomic E-state index is 0.634. The molecule has 0 fully saturated rings. The molecule has 0 heterocycles. The summed E-state index contributed by atoms with van der Waals surface area (Å²) in [6.45, 7) is 0. The summed E-state index contributed by atoms with van der Waals surface area (Å²) in [5.41, 5.74) is 0. The zero-order valence-corrected chi connectivity index (χ0v) is 6.75. The van der Waals surface area contributed by atoms with Crippen LogP contribution in [0, 0.1) is 0 Å². The molecule has 1 heteroatoms. The lowest BCUT2D eigenvalue weighted by Gasteiger charge is -2.18. The highest BCUT2D eigenvalue weighted by Crippen LogP contribution is 2.08. The summed E-state index contributed by atoms with van der Waals surface area (Å²) in [6, 6.07) is 0.634. The molecule has 1 unspecified atom stereocenters. The van der Waals surface area contributed by atoms with Crippen LogP contribution in [0.3, 0.4) is 0 Å². The van der Waals surface area contributed by atoms with E-state index in [1.165, 1.54) is 12.8 Å². The van der Waals surface area contributed by atoms with E-state index in [4.69, 9.17) is 0 Å². The van der Waals surface area contributed by atoms with Gasteiger partial charge in [0.25, 0.3) is 0 Å². The molecule has 1 atom stereocenters. The normalized spacial score (nSPS) is 25.3. The zero-order valence-electron chi connectivity index (χ0n) is 6.75. The predicted molar refractivity (Wildman–Crippen MR) is 45.0 cm³/mol. The van der Waals surface area contributed by atoms with E-state index in [-0.39, 0.29) is 0 Å². The fourth-order valence-electron chi connectivity index (χ4n) is 1.16. The Hall–Kier alpha value is -0.560. The molecule has 0 saturated carbocycles. The van der Waals surface area contributed by atoms with Crippen LogP contribution in [0.15, 0.2) is 24.3 Å². The Balaban J connectivity index is 2.48. The molecule has 0 amide bonds. The molecule has 0 aliphatic heterocycles. The van der Waals surface area contributed by atoms with Gasteiger partial charge in [0, 0.05) is 6.04 Å². The second kappa shape index (κ2) is 3.57. The first-order chi connectivity index (χ1) is 4.80. The van der Waals surface area contributed by atoms with Gasteiger partial charge in [0.05, 0.1) is 0 Å². The van der Waals surface area contributed by atoms with Gasteiger partial charge in [-0.15, -0.1) is 0 Å². The quantitative estimate of drug-likeness (QED) is 0.533. The van der Waals surface area contributed by atoms with Gasteiger partial charge >= 0.3 is 0 Å². The molecule has 10 heavy (non-hydrogen) atoms. The maximum atomic E-state index is 2.25. The van der Waals surface area contributed by atoms with Crippen LogP contribution in [0.1, 0.15) is 12.8 Å². The molecule has 56 valence electrons. The van der Waals surface area contributed by atoms with E-state index in [0.29, 0.717) is 6.04 Å². The summed E-state index contributed by atoms with van der Waals surface area (Å²) < 4.78 is 0. The van der Waals surface area contributed by atoms with Crippen LogP contribution in [0.5, 0.6) is 0 Å². The highest BCUT2D eigenvalue weighted by atomic mass is 15.1. The Morgan fingerprint density at radius 1 is 1.30 bits per heavy atom. The highest BCUT2D eigenvalue weighted by Gasteiger charge is 2.05. The van der Waals surface area contributed by atoms with Crippen molar-refractivity contribution in [3.8, 4) is 0 Å². The summed E-state index contributed by atoms with van der Waals surface area (Å²) in [7, 11) is 4.25. The first kappa shape index (κ1) is 7.55. The topological polar surface area (TPSA) is 3.24 Å². The summed E-state index contributed by atoms with van der Waals surface area (Å²) >= 11 is 0. The van der Waals surface area contributed by atoms with Crippen molar-refractivity contribution < 1.29 is 0 Å². The average molecular weight is 137 g/mol. The molecular formula is C9H15N. The van der Waals surface area contributed by atoms with Crippen LogP contribution < -0.4 is 0 Å². The van der Waals surface area contributed by atoms with Gasteiger partial charge in [-0.1, -0.05) is 24.3 Å². The molecular weight excluding hydrogens is 122 g/mol. The zero-order chi connectivity index (χ0) is 7.40. The molecule has 0 radical (unpaired) electrons. The van der Waals surface area contributed by atoms with Crippen LogP contribution in [0.4, 0.5) is 0 Å².